The third-order valence-electron chi connectivity index (χ3n) is 2.89. The van der Waals surface area contributed by atoms with E-state index in [-0.39, 0.29) is 0 Å². The van der Waals surface area contributed by atoms with E-state index in [0.29, 0.717) is 13.1 Å². The molecule has 0 rings (SSSR count). The Balaban J connectivity index is 4.84. The van der Waals surface area contributed by atoms with Crippen molar-refractivity contribution in [2.45, 2.75) is 58.7 Å². The van der Waals surface area contributed by atoms with Crippen molar-refractivity contribution in [1.29, 1.82) is 5.26 Å². The van der Waals surface area contributed by atoms with Gasteiger partial charge in [-0.1, -0.05) is 0 Å². The van der Waals surface area contributed by atoms with E-state index in [9.17, 15) is 10.1 Å². The summed E-state index contributed by atoms with van der Waals surface area (Å²) in [5.74, 6) is 0. The number of ether oxygens (including phenoxy) is 1. The second kappa shape index (κ2) is 8.35. The molecule has 1 atom stereocenters. The molecule has 0 saturated heterocycles. The van der Waals surface area contributed by atoms with Gasteiger partial charge in [0, 0.05) is 18.6 Å². The first-order valence-electron chi connectivity index (χ1n) is 7.65. The molecule has 22 heavy (non-hydrogen) atoms. The molecule has 6 heteroatoms. The smallest absolute Gasteiger partial charge is 0.410 e. The van der Waals surface area contributed by atoms with Crippen molar-refractivity contribution in [2.75, 3.05) is 33.7 Å². The molecule has 0 aromatic carbocycles. The molecule has 0 saturated carbocycles. The molecule has 0 aromatic heterocycles. The quantitative estimate of drug-likeness (QED) is 0.813. The molecular formula is C16H32N4O2. The predicted molar refractivity (Wildman–Crippen MR) is 88.7 cm³/mol. The summed E-state index contributed by atoms with van der Waals surface area (Å²) >= 11 is 0. The van der Waals surface area contributed by atoms with E-state index in [1.807, 2.05) is 60.5 Å². The molecule has 0 bridgehead atoms. The van der Waals surface area contributed by atoms with Gasteiger partial charge in [0.25, 0.3) is 0 Å². The van der Waals surface area contributed by atoms with Gasteiger partial charge in [0.1, 0.15) is 11.6 Å². The fraction of sp³-hybridized carbons (Fsp3) is 0.875. The van der Waals surface area contributed by atoms with Crippen molar-refractivity contribution in [1.82, 2.24) is 15.1 Å². The van der Waals surface area contributed by atoms with Crippen LogP contribution in [0.5, 0.6) is 0 Å². The summed E-state index contributed by atoms with van der Waals surface area (Å²) in [4.78, 5) is 16.0. The predicted octanol–water partition coefficient (Wildman–Crippen LogP) is 2.07. The lowest BCUT2D eigenvalue weighted by Crippen LogP contribution is -2.53. The summed E-state index contributed by atoms with van der Waals surface area (Å²) in [6.07, 6.45) is -0.394. The van der Waals surface area contributed by atoms with E-state index in [4.69, 9.17) is 4.74 Å². The molecule has 128 valence electrons. The Morgan fingerprint density at radius 1 is 1.23 bits per heavy atom. The molecule has 1 N–H and O–H groups in total. The topological polar surface area (TPSA) is 68.6 Å². The third kappa shape index (κ3) is 8.85. The van der Waals surface area contributed by atoms with Gasteiger partial charge in [-0.2, -0.15) is 5.26 Å². The van der Waals surface area contributed by atoms with E-state index in [0.717, 1.165) is 6.54 Å². The fourth-order valence-electron chi connectivity index (χ4n) is 1.74. The van der Waals surface area contributed by atoms with Crippen LogP contribution in [0.3, 0.4) is 0 Å². The highest BCUT2D eigenvalue weighted by Crippen LogP contribution is 2.18. The van der Waals surface area contributed by atoms with Gasteiger partial charge in [0.2, 0.25) is 0 Å². The zero-order valence-corrected chi connectivity index (χ0v) is 15.4. The lowest BCUT2D eigenvalue weighted by molar-refractivity contribution is 0.00506. The van der Waals surface area contributed by atoms with Gasteiger partial charge in [0.15, 0.2) is 0 Å². The van der Waals surface area contributed by atoms with Crippen molar-refractivity contribution in [3.63, 3.8) is 0 Å². The summed E-state index contributed by atoms with van der Waals surface area (Å²) in [5.41, 5.74) is -0.971. The van der Waals surface area contributed by atoms with E-state index in [1.165, 1.54) is 0 Å². The number of nitriles is 1. The van der Waals surface area contributed by atoms with Crippen molar-refractivity contribution >= 4 is 6.09 Å². The maximum absolute atomic E-state index is 12.4. The van der Waals surface area contributed by atoms with Crippen LogP contribution in [0.1, 0.15) is 41.5 Å². The third-order valence-corrected chi connectivity index (χ3v) is 2.89. The minimum absolute atomic E-state index is 0.294. The first kappa shape index (κ1) is 20.7. The summed E-state index contributed by atoms with van der Waals surface area (Å²) in [7, 11) is 3.95. The van der Waals surface area contributed by atoms with Crippen LogP contribution in [0.15, 0.2) is 0 Å². The monoisotopic (exact) mass is 312 g/mol. The molecule has 0 aromatic rings. The van der Waals surface area contributed by atoms with E-state index in [1.54, 1.807) is 4.90 Å². The van der Waals surface area contributed by atoms with E-state index < -0.39 is 23.3 Å². The molecule has 0 heterocycles. The summed E-state index contributed by atoms with van der Waals surface area (Å²) in [5, 5.41) is 12.5. The number of nitrogens with zero attached hydrogens (tertiary/aromatic N) is 3. The van der Waals surface area contributed by atoms with Gasteiger partial charge in [-0.25, -0.2) is 4.79 Å². The molecule has 0 aliphatic rings. The highest BCUT2D eigenvalue weighted by atomic mass is 16.6. The van der Waals surface area contributed by atoms with Crippen molar-refractivity contribution in [3.05, 3.63) is 0 Å². The van der Waals surface area contributed by atoms with Crippen LogP contribution in [0, 0.1) is 11.3 Å². The second-order valence-corrected chi connectivity index (χ2v) is 7.70. The molecule has 1 unspecified atom stereocenters. The molecule has 0 fully saturated rings. The molecule has 0 aliphatic heterocycles. The molecule has 0 aliphatic carbocycles. The van der Waals surface area contributed by atoms with Gasteiger partial charge >= 0.3 is 6.09 Å². The first-order valence-corrected chi connectivity index (χ1v) is 7.65. The number of nitrogens with one attached hydrogen (secondary N) is 1. The summed E-state index contributed by atoms with van der Waals surface area (Å²) in [6, 6.07) is 1.79. The maximum Gasteiger partial charge on any atom is 0.410 e. The number of amides is 1. The number of likely N-dealkylation sites (N-methyl/N-ethyl adjacent to an activating group) is 1. The number of carbonyl (C=O) groups is 1. The number of hydrogen-bond donors (Lipinski definition) is 1. The number of hydrogen-bond acceptors (Lipinski definition) is 5. The highest BCUT2D eigenvalue weighted by molar-refractivity contribution is 5.69. The second-order valence-electron chi connectivity index (χ2n) is 7.70. The van der Waals surface area contributed by atoms with Gasteiger partial charge in [-0.15, -0.1) is 0 Å². The van der Waals surface area contributed by atoms with E-state index in [2.05, 4.69) is 11.4 Å². The number of carbonyl (C=O) groups excluding carboxylic acids is 1. The minimum atomic E-state index is -0.554. The Labute approximate surface area is 135 Å². The zero-order chi connectivity index (χ0) is 17.6. The van der Waals surface area contributed by atoms with Crippen LogP contribution >= 0.6 is 0 Å². The van der Waals surface area contributed by atoms with Gasteiger partial charge in [0.05, 0.1) is 12.6 Å². The molecule has 0 radical (unpaired) electrons. The van der Waals surface area contributed by atoms with Crippen molar-refractivity contribution < 1.29 is 9.53 Å². The van der Waals surface area contributed by atoms with Gasteiger partial charge in [-0.05, 0) is 55.6 Å². The van der Waals surface area contributed by atoms with Crippen LogP contribution in [-0.2, 0) is 4.74 Å². The van der Waals surface area contributed by atoms with Crippen LogP contribution < -0.4 is 5.32 Å². The average molecular weight is 312 g/mol. The zero-order valence-electron chi connectivity index (χ0n) is 15.4. The normalized spacial score (nSPS) is 13.6. The fourth-order valence-corrected chi connectivity index (χ4v) is 1.74. The lowest BCUT2D eigenvalue weighted by atomic mass is 10.1. The highest BCUT2D eigenvalue weighted by Gasteiger charge is 2.32. The Morgan fingerprint density at radius 2 is 1.77 bits per heavy atom. The maximum atomic E-state index is 12.4. The SMILES string of the molecule is CN(C)CCNC(C#N)CN(C(=O)OC(C)(C)C)C(C)(C)C. The average Bonchev–Trinajstić information content (AvgIpc) is 2.28. The minimum Gasteiger partial charge on any atom is -0.444 e. The van der Waals surface area contributed by atoms with Crippen LogP contribution in [-0.4, -0.2) is 66.8 Å². The number of rotatable bonds is 6. The van der Waals surface area contributed by atoms with Crippen LogP contribution in [0.4, 0.5) is 4.79 Å². The summed E-state index contributed by atoms with van der Waals surface area (Å²) in [6.45, 7) is 13.1. The molecule has 1 amide bonds. The standard InChI is InChI=1S/C16H32N4O2/c1-15(2,3)20(14(21)22-16(4,5)6)12-13(11-17)18-9-10-19(7)8/h13,18H,9-10,12H2,1-8H3. The summed E-state index contributed by atoms with van der Waals surface area (Å²) < 4.78 is 5.46. The van der Waals surface area contributed by atoms with Crippen molar-refractivity contribution in [3.8, 4) is 6.07 Å². The van der Waals surface area contributed by atoms with Crippen LogP contribution in [0.25, 0.3) is 0 Å². The molecule has 6 nitrogen and oxygen atoms in total. The van der Waals surface area contributed by atoms with Gasteiger partial charge < -0.3 is 14.5 Å². The molecular weight excluding hydrogens is 280 g/mol. The van der Waals surface area contributed by atoms with E-state index >= 15 is 0 Å². The molecule has 0 spiro atoms. The van der Waals surface area contributed by atoms with Gasteiger partial charge in [-0.3, -0.25) is 5.32 Å². The Kier molecular flexibility index (Phi) is 7.85. The Bertz CT molecular complexity index is 388. The van der Waals surface area contributed by atoms with Crippen LogP contribution in [0.2, 0.25) is 0 Å². The largest absolute Gasteiger partial charge is 0.444 e. The Morgan fingerprint density at radius 3 is 2.14 bits per heavy atom. The van der Waals surface area contributed by atoms with Crippen molar-refractivity contribution in [2.24, 2.45) is 0 Å². The Hall–Kier alpha value is -1.32. The lowest BCUT2D eigenvalue weighted by Gasteiger charge is -2.38. The first-order chi connectivity index (χ1) is 9.86.